The molecule has 1 aliphatic heterocycles. The van der Waals surface area contributed by atoms with Crippen LogP contribution in [0.5, 0.6) is 0 Å². The zero-order chi connectivity index (χ0) is 21.1. The summed E-state index contributed by atoms with van der Waals surface area (Å²) in [6, 6.07) is 10.0. The van der Waals surface area contributed by atoms with Crippen molar-refractivity contribution in [1.82, 2.24) is 7.87 Å². The first kappa shape index (κ1) is 19.9. The zero-order valence-corrected chi connectivity index (χ0v) is 18.5. The molecule has 152 valence electrons. The Morgan fingerprint density at radius 1 is 1.24 bits per heavy atom. The van der Waals surface area contributed by atoms with Gasteiger partial charge >= 0.3 is 173 Å². The van der Waals surface area contributed by atoms with Gasteiger partial charge in [0.2, 0.25) is 0 Å². The number of sulfonamides is 1. The monoisotopic (exact) mass is 482 g/mol. The van der Waals surface area contributed by atoms with Crippen molar-refractivity contribution in [2.45, 2.75) is 19.4 Å². The predicted octanol–water partition coefficient (Wildman–Crippen LogP) is 1.30. The fraction of sp³-hybridized carbons (Fsp3) is 0.263. The van der Waals surface area contributed by atoms with Crippen molar-refractivity contribution in [3.63, 3.8) is 0 Å². The molecular formula is C19H19FN4O3SSe. The molecule has 0 amide bonds. The first-order chi connectivity index (χ1) is 13.5. The second kappa shape index (κ2) is 6.55. The Morgan fingerprint density at radius 3 is 2.66 bits per heavy atom. The van der Waals surface area contributed by atoms with Crippen LogP contribution in [0.2, 0.25) is 0 Å². The molecule has 1 aliphatic rings. The molecule has 1 aromatic heterocycles. The van der Waals surface area contributed by atoms with Gasteiger partial charge in [0.05, 0.1) is 0 Å². The third-order valence-corrected chi connectivity index (χ3v) is 9.35. The van der Waals surface area contributed by atoms with Crippen molar-refractivity contribution in [2.24, 2.45) is 10.7 Å². The summed E-state index contributed by atoms with van der Waals surface area (Å²) in [5, 5.41) is 0.645. The Bertz CT molecular complexity index is 1350. The Balaban J connectivity index is 1.91. The second-order valence-corrected chi connectivity index (χ2v) is 11.4. The molecule has 0 unspecified atom stereocenters. The van der Waals surface area contributed by atoms with E-state index in [2.05, 4.69) is 4.99 Å². The SMILES string of the molecule is Cc1ccc2[se]n(-c3ccc(F)c([C@]4(C)CS(=O)(=O)N(C)C(N)=N4)c3)c(=O)c2c1. The summed E-state index contributed by atoms with van der Waals surface area (Å²) in [5.74, 6) is -1.22. The van der Waals surface area contributed by atoms with Crippen molar-refractivity contribution in [3.05, 3.63) is 63.7 Å². The fourth-order valence-electron chi connectivity index (χ4n) is 3.45. The van der Waals surface area contributed by atoms with Gasteiger partial charge in [-0.1, -0.05) is 0 Å². The van der Waals surface area contributed by atoms with E-state index in [4.69, 9.17) is 5.73 Å². The molecule has 0 spiro atoms. The van der Waals surface area contributed by atoms with Gasteiger partial charge in [-0.25, -0.2) is 0 Å². The molecule has 0 aliphatic carbocycles. The standard InChI is InChI=1S/C19H19FN4O3SSe/c1-11-4-7-16-13(8-11)17(25)24(29-16)12-5-6-15(20)14(9-12)19(2)10-28(26,27)23(3)18(21)22-19/h4-9H,10H2,1-3H3,(H2,21,22)/t19-/m0/s1. The topological polar surface area (TPSA) is 97.8 Å². The molecule has 0 saturated heterocycles. The van der Waals surface area contributed by atoms with Gasteiger partial charge in [0.25, 0.3) is 0 Å². The van der Waals surface area contributed by atoms with E-state index in [1.165, 1.54) is 32.2 Å². The van der Waals surface area contributed by atoms with E-state index >= 15 is 0 Å². The Labute approximate surface area is 173 Å². The van der Waals surface area contributed by atoms with Crippen molar-refractivity contribution >= 4 is 40.4 Å². The summed E-state index contributed by atoms with van der Waals surface area (Å²) in [6.45, 7) is 3.45. The van der Waals surface area contributed by atoms with Crippen LogP contribution in [0.25, 0.3) is 15.3 Å². The Kier molecular flexibility index (Phi) is 4.49. The third-order valence-electron chi connectivity index (χ3n) is 5.07. The van der Waals surface area contributed by atoms with Gasteiger partial charge in [-0.3, -0.25) is 0 Å². The van der Waals surface area contributed by atoms with Gasteiger partial charge in [0.1, 0.15) is 0 Å². The number of benzene rings is 2. The van der Waals surface area contributed by atoms with E-state index in [9.17, 15) is 17.6 Å². The van der Waals surface area contributed by atoms with E-state index in [0.29, 0.717) is 11.1 Å². The van der Waals surface area contributed by atoms with Gasteiger partial charge in [0, 0.05) is 0 Å². The third kappa shape index (κ3) is 3.21. The average molecular weight is 481 g/mol. The molecule has 10 heteroatoms. The van der Waals surface area contributed by atoms with Crippen LogP contribution in [0, 0.1) is 12.7 Å². The number of hydrogen-bond acceptors (Lipinski definition) is 5. The van der Waals surface area contributed by atoms with E-state index in [1.807, 2.05) is 25.1 Å². The summed E-state index contributed by atoms with van der Waals surface area (Å²) < 4.78 is 43.1. The predicted molar refractivity (Wildman–Crippen MR) is 112 cm³/mol. The molecule has 2 heterocycles. The number of fused-ring (bicyclic) bond motifs is 1. The fourth-order valence-corrected chi connectivity index (χ4v) is 6.94. The number of nitrogens with zero attached hydrogens (tertiary/aromatic N) is 3. The molecule has 4 rings (SSSR count). The summed E-state index contributed by atoms with van der Waals surface area (Å²) in [6.07, 6.45) is 0. The van der Waals surface area contributed by atoms with Crippen molar-refractivity contribution < 1.29 is 12.8 Å². The molecule has 0 bridgehead atoms. The zero-order valence-electron chi connectivity index (χ0n) is 16.0. The molecule has 2 aromatic carbocycles. The Hall–Kier alpha value is -2.42. The van der Waals surface area contributed by atoms with E-state index in [1.54, 1.807) is 3.56 Å². The van der Waals surface area contributed by atoms with Crippen molar-refractivity contribution in [3.8, 4) is 5.69 Å². The second-order valence-electron chi connectivity index (χ2n) is 7.32. The molecule has 0 radical (unpaired) electrons. The molecule has 1 atom stereocenters. The number of hydrogen-bond donors (Lipinski definition) is 1. The quantitative estimate of drug-likeness (QED) is 0.558. The van der Waals surface area contributed by atoms with E-state index in [0.717, 1.165) is 14.1 Å². The van der Waals surface area contributed by atoms with Crippen LogP contribution in [-0.2, 0) is 15.6 Å². The van der Waals surface area contributed by atoms with Crippen molar-refractivity contribution in [1.29, 1.82) is 0 Å². The maximum atomic E-state index is 14.8. The van der Waals surface area contributed by atoms with Crippen LogP contribution in [-0.4, -0.2) is 49.8 Å². The van der Waals surface area contributed by atoms with Gasteiger partial charge in [-0.05, 0) is 0 Å². The van der Waals surface area contributed by atoms with Crippen LogP contribution >= 0.6 is 0 Å². The van der Waals surface area contributed by atoms with Crippen molar-refractivity contribution in [2.75, 3.05) is 12.8 Å². The summed E-state index contributed by atoms with van der Waals surface area (Å²) in [7, 11) is -2.43. The molecule has 7 nitrogen and oxygen atoms in total. The van der Waals surface area contributed by atoms with Gasteiger partial charge in [-0.2, -0.15) is 0 Å². The van der Waals surface area contributed by atoms with Gasteiger partial charge in [-0.15, -0.1) is 0 Å². The normalized spacial score (nSPS) is 21.4. The molecular weight excluding hydrogens is 462 g/mol. The number of aliphatic imine (C=N–C) groups is 1. The van der Waals surface area contributed by atoms with Crippen LogP contribution in [0.15, 0.2) is 46.2 Å². The number of aromatic nitrogens is 1. The van der Waals surface area contributed by atoms with Crippen LogP contribution < -0.4 is 11.3 Å². The number of nitrogens with two attached hydrogens (primary N) is 1. The minimum absolute atomic E-state index is 0.0883. The first-order valence-electron chi connectivity index (χ1n) is 8.77. The van der Waals surface area contributed by atoms with Crippen LogP contribution in [0.4, 0.5) is 4.39 Å². The first-order valence-corrected chi connectivity index (χ1v) is 12.0. The number of rotatable bonds is 2. The summed E-state index contributed by atoms with van der Waals surface area (Å²) >= 11 is -0.294. The molecule has 29 heavy (non-hydrogen) atoms. The number of guanidine groups is 1. The molecule has 0 saturated carbocycles. The van der Waals surface area contributed by atoms with Gasteiger partial charge in [0.15, 0.2) is 0 Å². The number of halogens is 1. The molecule has 3 aromatic rings. The number of aryl methyl sites for hydroxylation is 1. The van der Waals surface area contributed by atoms with E-state index in [-0.39, 0.29) is 31.8 Å². The minimum atomic E-state index is -3.74. The molecule has 2 N–H and O–H groups in total. The Morgan fingerprint density at radius 2 is 1.97 bits per heavy atom. The van der Waals surface area contributed by atoms with Crippen LogP contribution in [0.3, 0.4) is 0 Å². The van der Waals surface area contributed by atoms with Crippen LogP contribution in [0.1, 0.15) is 18.1 Å². The summed E-state index contributed by atoms with van der Waals surface area (Å²) in [4.78, 5) is 17.2. The van der Waals surface area contributed by atoms with Gasteiger partial charge < -0.3 is 0 Å². The summed E-state index contributed by atoms with van der Waals surface area (Å²) in [5.41, 5.74) is 5.83. The van der Waals surface area contributed by atoms with E-state index < -0.39 is 27.1 Å². The maximum absolute atomic E-state index is 14.8. The average Bonchev–Trinajstić information content (AvgIpc) is 2.96. The molecule has 0 fully saturated rings.